The first kappa shape index (κ1) is 15.2. The highest BCUT2D eigenvalue weighted by Gasteiger charge is 2.26. The Bertz CT molecular complexity index is 453. The molecule has 6 nitrogen and oxygen atoms in total. The van der Waals surface area contributed by atoms with E-state index in [0.29, 0.717) is 5.69 Å². The fourth-order valence-corrected chi connectivity index (χ4v) is 1.88. The average Bonchev–Trinajstić information content (AvgIpc) is 2.74. The number of nitrogens with zero attached hydrogens (tertiary/aromatic N) is 1. The van der Waals surface area contributed by atoms with Crippen LogP contribution < -0.4 is 5.73 Å². The molecule has 0 aromatic carbocycles. The van der Waals surface area contributed by atoms with E-state index >= 15 is 0 Å². The van der Waals surface area contributed by atoms with Crippen LogP contribution in [-0.4, -0.2) is 36.3 Å². The summed E-state index contributed by atoms with van der Waals surface area (Å²) in [5.74, 6) is -0.923. The third-order valence-corrected chi connectivity index (χ3v) is 2.70. The molecule has 19 heavy (non-hydrogen) atoms. The van der Waals surface area contributed by atoms with Crippen LogP contribution >= 0.6 is 0 Å². The number of nitrogens with two attached hydrogens (primary N) is 1. The lowest BCUT2D eigenvalue weighted by molar-refractivity contribution is -0.146. The lowest BCUT2D eigenvalue weighted by Crippen LogP contribution is -2.31. The van der Waals surface area contributed by atoms with Gasteiger partial charge in [0.25, 0.3) is 0 Å². The van der Waals surface area contributed by atoms with Gasteiger partial charge in [-0.3, -0.25) is 0 Å². The van der Waals surface area contributed by atoms with Crippen molar-refractivity contribution in [3.8, 4) is 0 Å². The number of hydrogen-bond acceptors (Lipinski definition) is 5. The zero-order chi connectivity index (χ0) is 14.4. The number of aromatic nitrogens is 1. The molecule has 0 saturated carbocycles. The molecule has 0 radical (unpaired) electrons. The Kier molecular flexibility index (Phi) is 5.57. The van der Waals surface area contributed by atoms with Crippen LogP contribution in [0.2, 0.25) is 0 Å². The predicted octanol–water partition coefficient (Wildman–Crippen LogP) is 1.04. The van der Waals surface area contributed by atoms with Gasteiger partial charge in [0.1, 0.15) is 11.7 Å². The topological polar surface area (TPSA) is 83.5 Å². The highest BCUT2D eigenvalue weighted by Crippen LogP contribution is 2.18. The monoisotopic (exact) mass is 268 g/mol. The molecular formula is C13H20N2O4. The van der Waals surface area contributed by atoms with Gasteiger partial charge in [0, 0.05) is 12.2 Å². The Balaban J connectivity index is 3.12. The molecule has 0 spiro atoms. The molecule has 1 unspecified atom stereocenters. The first-order valence-corrected chi connectivity index (χ1v) is 6.28. The highest BCUT2D eigenvalue weighted by atomic mass is 16.5. The molecule has 106 valence electrons. The third kappa shape index (κ3) is 3.35. The van der Waals surface area contributed by atoms with Crippen LogP contribution in [0.25, 0.3) is 0 Å². The van der Waals surface area contributed by atoms with Crippen molar-refractivity contribution in [2.75, 3.05) is 19.8 Å². The van der Waals surface area contributed by atoms with Gasteiger partial charge in [-0.1, -0.05) is 0 Å². The van der Waals surface area contributed by atoms with E-state index in [4.69, 9.17) is 15.2 Å². The van der Waals surface area contributed by atoms with E-state index in [-0.39, 0.29) is 19.8 Å². The second-order valence-corrected chi connectivity index (χ2v) is 3.95. The number of ether oxygens (including phenoxy) is 2. The summed E-state index contributed by atoms with van der Waals surface area (Å²) in [5.41, 5.74) is 6.70. The van der Waals surface area contributed by atoms with Crippen LogP contribution in [-0.2, 0) is 14.3 Å². The minimum Gasteiger partial charge on any atom is -0.464 e. The van der Waals surface area contributed by atoms with Gasteiger partial charge in [0.2, 0.25) is 0 Å². The van der Waals surface area contributed by atoms with Crippen molar-refractivity contribution in [3.05, 3.63) is 23.5 Å². The lowest BCUT2D eigenvalue weighted by atomic mass is 10.2. The summed E-state index contributed by atoms with van der Waals surface area (Å²) < 4.78 is 11.5. The Labute approximate surface area is 112 Å². The Morgan fingerprint density at radius 3 is 2.42 bits per heavy atom. The molecule has 6 heteroatoms. The number of esters is 2. The summed E-state index contributed by atoms with van der Waals surface area (Å²) in [6.45, 7) is 5.84. The molecule has 0 aliphatic heterocycles. The third-order valence-electron chi connectivity index (χ3n) is 2.70. The van der Waals surface area contributed by atoms with E-state index in [2.05, 4.69) is 0 Å². The van der Waals surface area contributed by atoms with Gasteiger partial charge < -0.3 is 19.8 Å². The molecule has 1 heterocycles. The minimum absolute atomic E-state index is 0.0563. The molecule has 0 fully saturated rings. The van der Waals surface area contributed by atoms with Gasteiger partial charge in [-0.2, -0.15) is 0 Å². The van der Waals surface area contributed by atoms with E-state index in [1.54, 1.807) is 37.5 Å². The second-order valence-electron chi connectivity index (χ2n) is 3.95. The zero-order valence-corrected chi connectivity index (χ0v) is 11.5. The van der Waals surface area contributed by atoms with Crippen LogP contribution in [0.1, 0.15) is 36.1 Å². The van der Waals surface area contributed by atoms with Gasteiger partial charge in [0.15, 0.2) is 0 Å². The van der Waals surface area contributed by atoms with Crippen molar-refractivity contribution in [2.45, 2.75) is 26.8 Å². The van der Waals surface area contributed by atoms with Crippen molar-refractivity contribution >= 4 is 11.9 Å². The molecule has 0 bridgehead atoms. The van der Waals surface area contributed by atoms with Crippen LogP contribution in [0, 0.1) is 6.92 Å². The SMILES string of the molecule is CCOC(=O)c1ccc(C)n1C(CN)C(=O)OCC. The van der Waals surface area contributed by atoms with Gasteiger partial charge in [0.05, 0.1) is 13.2 Å². The Hall–Kier alpha value is -1.82. The number of carbonyl (C=O) groups is 2. The second kappa shape index (κ2) is 6.94. The maximum absolute atomic E-state index is 11.9. The van der Waals surface area contributed by atoms with Crippen molar-refractivity contribution < 1.29 is 19.1 Å². The quantitative estimate of drug-likeness (QED) is 0.779. The van der Waals surface area contributed by atoms with E-state index in [1.807, 2.05) is 0 Å². The fraction of sp³-hybridized carbons (Fsp3) is 0.538. The molecule has 1 aromatic rings. The van der Waals surface area contributed by atoms with Crippen molar-refractivity contribution in [1.82, 2.24) is 4.57 Å². The van der Waals surface area contributed by atoms with Gasteiger partial charge in [-0.25, -0.2) is 9.59 Å². The smallest absolute Gasteiger partial charge is 0.354 e. The molecule has 0 aliphatic carbocycles. The largest absolute Gasteiger partial charge is 0.464 e. The first-order chi connectivity index (χ1) is 9.06. The predicted molar refractivity (Wildman–Crippen MR) is 69.8 cm³/mol. The maximum atomic E-state index is 11.9. The molecule has 1 rings (SSSR count). The number of aryl methyl sites for hydroxylation is 1. The zero-order valence-electron chi connectivity index (χ0n) is 11.5. The molecule has 1 aromatic heterocycles. The molecule has 1 atom stereocenters. The minimum atomic E-state index is -0.714. The van der Waals surface area contributed by atoms with Crippen molar-refractivity contribution in [3.63, 3.8) is 0 Å². The summed E-state index contributed by atoms with van der Waals surface area (Å²) >= 11 is 0. The first-order valence-electron chi connectivity index (χ1n) is 6.28. The highest BCUT2D eigenvalue weighted by molar-refractivity contribution is 5.89. The Morgan fingerprint density at radius 1 is 1.26 bits per heavy atom. The van der Waals surface area contributed by atoms with Gasteiger partial charge >= 0.3 is 11.9 Å². The summed E-state index contributed by atoms with van der Waals surface area (Å²) in [6.07, 6.45) is 0. The number of hydrogen-bond donors (Lipinski definition) is 1. The lowest BCUT2D eigenvalue weighted by Gasteiger charge is -2.19. The standard InChI is InChI=1S/C13H20N2O4/c1-4-18-12(16)10-7-6-9(3)15(10)11(8-14)13(17)19-5-2/h6-7,11H,4-5,8,14H2,1-3H3. The normalized spacial score (nSPS) is 12.0. The maximum Gasteiger partial charge on any atom is 0.354 e. The molecule has 0 amide bonds. The number of rotatable bonds is 6. The summed E-state index contributed by atoms with van der Waals surface area (Å²) in [7, 11) is 0. The van der Waals surface area contributed by atoms with Crippen molar-refractivity contribution in [1.29, 1.82) is 0 Å². The van der Waals surface area contributed by atoms with E-state index in [1.165, 1.54) is 0 Å². The summed E-state index contributed by atoms with van der Waals surface area (Å²) in [6, 6.07) is 2.65. The van der Waals surface area contributed by atoms with Crippen molar-refractivity contribution in [2.24, 2.45) is 5.73 Å². The fourth-order valence-electron chi connectivity index (χ4n) is 1.88. The van der Waals surface area contributed by atoms with Crippen LogP contribution in [0.15, 0.2) is 12.1 Å². The molecular weight excluding hydrogens is 248 g/mol. The summed E-state index contributed by atoms with van der Waals surface area (Å²) in [4.78, 5) is 23.7. The van der Waals surface area contributed by atoms with Gasteiger partial charge in [-0.05, 0) is 32.9 Å². The molecule has 0 saturated heterocycles. The van der Waals surface area contributed by atoms with E-state index < -0.39 is 18.0 Å². The van der Waals surface area contributed by atoms with Crippen LogP contribution in [0.4, 0.5) is 0 Å². The number of carbonyl (C=O) groups excluding carboxylic acids is 2. The Morgan fingerprint density at radius 2 is 1.89 bits per heavy atom. The van der Waals surface area contributed by atoms with Crippen LogP contribution in [0.3, 0.4) is 0 Å². The average molecular weight is 268 g/mol. The van der Waals surface area contributed by atoms with E-state index in [9.17, 15) is 9.59 Å². The molecule has 0 aliphatic rings. The molecule has 2 N–H and O–H groups in total. The van der Waals surface area contributed by atoms with Gasteiger partial charge in [-0.15, -0.1) is 0 Å². The van der Waals surface area contributed by atoms with Crippen LogP contribution in [0.5, 0.6) is 0 Å². The van der Waals surface area contributed by atoms with E-state index in [0.717, 1.165) is 5.69 Å². The summed E-state index contributed by atoms with van der Waals surface area (Å²) in [5, 5.41) is 0.